The maximum atomic E-state index is 6.50. The summed E-state index contributed by atoms with van der Waals surface area (Å²) in [6.07, 6.45) is 4.33. The summed E-state index contributed by atoms with van der Waals surface area (Å²) in [4.78, 5) is 8.75. The van der Waals surface area contributed by atoms with Crippen molar-refractivity contribution in [2.75, 3.05) is 6.61 Å². The van der Waals surface area contributed by atoms with E-state index in [1.165, 1.54) is 0 Å². The first kappa shape index (κ1) is 18.7. The molecule has 0 bridgehead atoms. The van der Waals surface area contributed by atoms with E-state index < -0.39 is 5.54 Å². The van der Waals surface area contributed by atoms with Crippen molar-refractivity contribution >= 4 is 11.6 Å². The normalized spacial score (nSPS) is 13.8. The molecule has 2 aromatic rings. The molecule has 2 aromatic heterocycles. The van der Waals surface area contributed by atoms with E-state index >= 15 is 0 Å². The fourth-order valence-corrected chi connectivity index (χ4v) is 3.08. The lowest BCUT2D eigenvalue weighted by atomic mass is 9.93. The van der Waals surface area contributed by atoms with Gasteiger partial charge in [-0.05, 0) is 50.8 Å². The molecule has 0 aliphatic heterocycles. The van der Waals surface area contributed by atoms with Gasteiger partial charge >= 0.3 is 0 Å². The van der Waals surface area contributed by atoms with Gasteiger partial charge in [-0.1, -0.05) is 25.4 Å². The van der Waals surface area contributed by atoms with E-state index in [1.54, 1.807) is 12.4 Å². The van der Waals surface area contributed by atoms with Gasteiger partial charge in [-0.25, -0.2) is 0 Å². The fraction of sp³-hybridized carbons (Fsp3) is 0.474. The van der Waals surface area contributed by atoms with Gasteiger partial charge in [-0.15, -0.1) is 0 Å². The molecule has 0 aliphatic rings. The van der Waals surface area contributed by atoms with Crippen LogP contribution in [0.2, 0.25) is 5.02 Å². The molecule has 130 valence electrons. The van der Waals surface area contributed by atoms with Crippen molar-refractivity contribution in [3.63, 3.8) is 0 Å². The van der Waals surface area contributed by atoms with E-state index in [9.17, 15) is 0 Å². The van der Waals surface area contributed by atoms with Crippen LogP contribution < -0.4 is 10.5 Å². The largest absolute Gasteiger partial charge is 0.488 e. The molecule has 4 nitrogen and oxygen atoms in total. The number of pyridine rings is 2. The zero-order valence-electron chi connectivity index (χ0n) is 15.1. The number of aromatic nitrogens is 2. The third-order valence-corrected chi connectivity index (χ3v) is 4.28. The van der Waals surface area contributed by atoms with Gasteiger partial charge in [0.15, 0.2) is 5.75 Å². The van der Waals surface area contributed by atoms with Crippen molar-refractivity contribution in [3.8, 4) is 17.0 Å². The molecule has 2 N–H and O–H groups in total. The molecule has 0 amide bonds. The second-order valence-electron chi connectivity index (χ2n) is 7.14. The highest BCUT2D eigenvalue weighted by Crippen LogP contribution is 2.33. The molecule has 0 spiro atoms. The molecule has 0 fully saturated rings. The van der Waals surface area contributed by atoms with Gasteiger partial charge in [-0.2, -0.15) is 0 Å². The lowest BCUT2D eigenvalue weighted by molar-refractivity contribution is 0.206. The number of ether oxygens (including phenoxy) is 1. The third-order valence-electron chi connectivity index (χ3n) is 3.81. The van der Waals surface area contributed by atoms with Crippen LogP contribution in [0.4, 0.5) is 0 Å². The van der Waals surface area contributed by atoms with E-state index in [-0.39, 0.29) is 0 Å². The molecule has 2 rings (SSSR count). The van der Waals surface area contributed by atoms with Crippen molar-refractivity contribution in [1.82, 2.24) is 9.97 Å². The number of rotatable bonds is 6. The van der Waals surface area contributed by atoms with Gasteiger partial charge in [-0.3, -0.25) is 9.97 Å². The number of aryl methyl sites for hydroxylation is 1. The third kappa shape index (κ3) is 4.68. The summed E-state index contributed by atoms with van der Waals surface area (Å²) in [7, 11) is 0. The van der Waals surface area contributed by atoms with Crippen molar-refractivity contribution < 1.29 is 4.74 Å². The number of hydrogen-bond acceptors (Lipinski definition) is 4. The first-order valence-electron chi connectivity index (χ1n) is 8.19. The molecular formula is C19H26ClN3O. The summed E-state index contributed by atoms with van der Waals surface area (Å²) in [5.41, 5.74) is 9.57. The van der Waals surface area contributed by atoms with Gasteiger partial charge in [0.1, 0.15) is 6.61 Å². The lowest BCUT2D eigenvalue weighted by Gasteiger charge is -2.27. The summed E-state index contributed by atoms with van der Waals surface area (Å²) in [6.45, 7) is 10.6. The maximum absolute atomic E-state index is 6.50. The summed E-state index contributed by atoms with van der Waals surface area (Å²) >= 11 is 6.50. The van der Waals surface area contributed by atoms with Crippen LogP contribution in [0.3, 0.4) is 0 Å². The second-order valence-corrected chi connectivity index (χ2v) is 7.51. The van der Waals surface area contributed by atoms with E-state index in [0.717, 1.165) is 28.9 Å². The number of nitrogens with zero attached hydrogens (tertiary/aromatic N) is 2. The van der Waals surface area contributed by atoms with Crippen LogP contribution in [0.1, 0.15) is 38.4 Å². The Morgan fingerprint density at radius 3 is 2.62 bits per heavy atom. The summed E-state index contributed by atoms with van der Waals surface area (Å²) in [5, 5.41) is 0.579. The van der Waals surface area contributed by atoms with Gasteiger partial charge < -0.3 is 10.5 Å². The Bertz CT molecular complexity index is 714. The highest BCUT2D eigenvalue weighted by molar-refractivity contribution is 6.33. The SMILES string of the molecule is Cc1cc(-c2ncc(OC[C@@](C)(N)CC(C)C)c(Cl)c2C)ccn1. The summed E-state index contributed by atoms with van der Waals surface area (Å²) < 4.78 is 5.87. The predicted molar refractivity (Wildman–Crippen MR) is 99.5 cm³/mol. The molecule has 5 heteroatoms. The minimum absolute atomic E-state index is 0.397. The molecule has 0 saturated heterocycles. The Labute approximate surface area is 149 Å². The highest BCUT2D eigenvalue weighted by Gasteiger charge is 2.22. The first-order valence-corrected chi connectivity index (χ1v) is 8.57. The zero-order valence-corrected chi connectivity index (χ0v) is 15.8. The average molecular weight is 348 g/mol. The van der Waals surface area contributed by atoms with Crippen molar-refractivity contribution in [3.05, 3.63) is 40.8 Å². The minimum Gasteiger partial charge on any atom is -0.488 e. The molecule has 1 atom stereocenters. The van der Waals surface area contributed by atoms with Crippen LogP contribution in [0, 0.1) is 19.8 Å². The Balaban J connectivity index is 2.21. The van der Waals surface area contributed by atoms with Gasteiger partial charge in [0.2, 0.25) is 0 Å². The number of halogens is 1. The molecule has 2 heterocycles. The molecule has 0 aromatic carbocycles. The molecule has 0 unspecified atom stereocenters. The minimum atomic E-state index is -0.397. The average Bonchev–Trinajstić information content (AvgIpc) is 2.47. The van der Waals surface area contributed by atoms with Crippen molar-refractivity contribution in [1.29, 1.82) is 0 Å². The maximum Gasteiger partial charge on any atom is 0.156 e. The zero-order chi connectivity index (χ0) is 17.9. The Kier molecular flexibility index (Phi) is 5.83. The molecular weight excluding hydrogens is 322 g/mol. The standard InChI is InChI=1S/C19H26ClN3O/c1-12(2)9-19(5,21)11-24-16-10-23-18(14(4)17(16)20)15-6-7-22-13(3)8-15/h6-8,10,12H,9,11,21H2,1-5H3/t19-/m0/s1. The monoisotopic (exact) mass is 347 g/mol. The molecule has 0 saturated carbocycles. The van der Waals surface area contributed by atoms with E-state index in [4.69, 9.17) is 22.1 Å². The topological polar surface area (TPSA) is 61.0 Å². The Morgan fingerprint density at radius 2 is 2.00 bits per heavy atom. The molecule has 0 radical (unpaired) electrons. The van der Waals surface area contributed by atoms with Crippen LogP contribution in [0.25, 0.3) is 11.3 Å². The van der Waals surface area contributed by atoms with E-state index in [0.29, 0.717) is 23.3 Å². The summed E-state index contributed by atoms with van der Waals surface area (Å²) in [6, 6.07) is 3.92. The number of hydrogen-bond donors (Lipinski definition) is 1. The van der Waals surface area contributed by atoms with Crippen molar-refractivity contribution in [2.45, 2.75) is 46.6 Å². The summed E-state index contributed by atoms with van der Waals surface area (Å²) in [5.74, 6) is 1.08. The molecule has 0 aliphatic carbocycles. The fourth-order valence-electron chi connectivity index (χ4n) is 2.88. The van der Waals surface area contributed by atoms with Crippen molar-refractivity contribution in [2.24, 2.45) is 11.7 Å². The number of nitrogens with two attached hydrogens (primary N) is 1. The Hall–Kier alpha value is -1.65. The van der Waals surface area contributed by atoms with Gasteiger partial charge in [0, 0.05) is 23.0 Å². The smallest absolute Gasteiger partial charge is 0.156 e. The lowest BCUT2D eigenvalue weighted by Crippen LogP contribution is -2.43. The van der Waals surface area contributed by atoms with Crippen LogP contribution in [0.5, 0.6) is 5.75 Å². The first-order chi connectivity index (χ1) is 11.2. The molecule has 24 heavy (non-hydrogen) atoms. The quantitative estimate of drug-likeness (QED) is 0.832. The van der Waals surface area contributed by atoms with Gasteiger partial charge in [0.05, 0.1) is 16.9 Å². The highest BCUT2D eigenvalue weighted by atomic mass is 35.5. The van der Waals surface area contributed by atoms with E-state index in [2.05, 4.69) is 23.8 Å². The van der Waals surface area contributed by atoms with Crippen LogP contribution in [-0.2, 0) is 0 Å². The van der Waals surface area contributed by atoms with Crippen LogP contribution in [0.15, 0.2) is 24.5 Å². The van der Waals surface area contributed by atoms with Crippen LogP contribution in [-0.4, -0.2) is 22.1 Å². The second kappa shape index (κ2) is 7.49. The van der Waals surface area contributed by atoms with Gasteiger partial charge in [0.25, 0.3) is 0 Å². The predicted octanol–water partition coefficient (Wildman–Crippen LogP) is 4.56. The Morgan fingerprint density at radius 1 is 1.29 bits per heavy atom. The van der Waals surface area contributed by atoms with E-state index in [1.807, 2.05) is 32.9 Å². The van der Waals surface area contributed by atoms with Crippen LogP contribution >= 0.6 is 11.6 Å².